The largest absolute Gasteiger partial charge is 0.346 e. The van der Waals surface area contributed by atoms with Crippen LogP contribution in [0.1, 0.15) is 47.5 Å². The Labute approximate surface area is 118 Å². The lowest BCUT2D eigenvalue weighted by molar-refractivity contribution is 0.112. The molecule has 1 saturated heterocycles. The van der Waals surface area contributed by atoms with Gasteiger partial charge < -0.3 is 4.90 Å². The van der Waals surface area contributed by atoms with Gasteiger partial charge in [-0.15, -0.1) is 0 Å². The molecule has 2 fully saturated rings. The monoisotopic (exact) mass is 279 g/mol. The molecule has 3 rings (SSSR count). The van der Waals surface area contributed by atoms with Crippen molar-refractivity contribution < 1.29 is 4.79 Å². The normalized spacial score (nSPS) is 20.8. The van der Waals surface area contributed by atoms with Gasteiger partial charge in [-0.2, -0.15) is 0 Å². The van der Waals surface area contributed by atoms with Crippen molar-refractivity contribution in [3.8, 4) is 0 Å². The number of carbonyl (C=O) groups excluding carboxylic acids is 1. The van der Waals surface area contributed by atoms with E-state index in [4.69, 9.17) is 4.98 Å². The Bertz CT molecular complexity index is 448. The molecule has 1 aliphatic heterocycles. The van der Waals surface area contributed by atoms with E-state index in [1.165, 1.54) is 25.8 Å². The first kappa shape index (κ1) is 13.1. The number of nitrogens with zero attached hydrogens (tertiary/aromatic N) is 3. The van der Waals surface area contributed by atoms with Gasteiger partial charge in [-0.05, 0) is 25.8 Å². The van der Waals surface area contributed by atoms with Crippen LogP contribution in [0.15, 0.2) is 0 Å². The Hall–Kier alpha value is -0.940. The van der Waals surface area contributed by atoms with Gasteiger partial charge in [0.2, 0.25) is 0 Å². The maximum Gasteiger partial charge on any atom is 0.186 e. The molecule has 0 N–H and O–H groups in total. The fourth-order valence-electron chi connectivity index (χ4n) is 2.68. The minimum Gasteiger partial charge on any atom is -0.346 e. The molecule has 5 heteroatoms. The van der Waals surface area contributed by atoms with Crippen molar-refractivity contribution in [2.45, 2.75) is 32.1 Å². The summed E-state index contributed by atoms with van der Waals surface area (Å²) >= 11 is 1.58. The summed E-state index contributed by atoms with van der Waals surface area (Å²) in [4.78, 5) is 21.6. The Balaban J connectivity index is 1.68. The molecule has 0 spiro atoms. The van der Waals surface area contributed by atoms with Crippen molar-refractivity contribution in [1.82, 2.24) is 9.88 Å². The molecule has 0 radical (unpaired) electrons. The van der Waals surface area contributed by atoms with Crippen molar-refractivity contribution >= 4 is 22.8 Å². The van der Waals surface area contributed by atoms with Crippen LogP contribution in [-0.2, 0) is 0 Å². The van der Waals surface area contributed by atoms with Crippen molar-refractivity contribution in [1.29, 1.82) is 0 Å². The molecule has 2 aliphatic rings. The Morgan fingerprint density at radius 1 is 1.32 bits per heavy atom. The number of piperazine rings is 1. The number of anilines is 1. The van der Waals surface area contributed by atoms with E-state index in [1.807, 2.05) is 0 Å². The number of thiazole rings is 1. The number of aldehydes is 1. The van der Waals surface area contributed by atoms with Crippen LogP contribution in [0.3, 0.4) is 0 Å². The fourth-order valence-corrected chi connectivity index (χ4v) is 3.70. The van der Waals surface area contributed by atoms with E-state index in [1.54, 1.807) is 11.3 Å². The van der Waals surface area contributed by atoms with E-state index in [0.29, 0.717) is 5.92 Å². The SMILES string of the molecule is CCCN1CCN(c2nc(C3CC3)c(C=O)s2)CC1. The lowest BCUT2D eigenvalue weighted by atomic mass is 10.2. The van der Waals surface area contributed by atoms with Gasteiger partial charge in [0.25, 0.3) is 0 Å². The molecule has 1 aromatic rings. The van der Waals surface area contributed by atoms with Gasteiger partial charge >= 0.3 is 0 Å². The summed E-state index contributed by atoms with van der Waals surface area (Å²) in [5.74, 6) is 0.562. The predicted molar refractivity (Wildman–Crippen MR) is 78.4 cm³/mol. The van der Waals surface area contributed by atoms with E-state index in [2.05, 4.69) is 16.7 Å². The zero-order valence-electron chi connectivity index (χ0n) is 11.5. The first-order valence-electron chi connectivity index (χ1n) is 7.25. The molecule has 19 heavy (non-hydrogen) atoms. The van der Waals surface area contributed by atoms with Crippen molar-refractivity contribution in [3.63, 3.8) is 0 Å². The third kappa shape index (κ3) is 2.82. The molecule has 1 aromatic heterocycles. The smallest absolute Gasteiger partial charge is 0.186 e. The second-order valence-electron chi connectivity index (χ2n) is 5.47. The van der Waals surface area contributed by atoms with E-state index in [-0.39, 0.29) is 0 Å². The summed E-state index contributed by atoms with van der Waals surface area (Å²) in [6.07, 6.45) is 4.61. The quantitative estimate of drug-likeness (QED) is 0.775. The van der Waals surface area contributed by atoms with E-state index < -0.39 is 0 Å². The molecular weight excluding hydrogens is 258 g/mol. The lowest BCUT2D eigenvalue weighted by Crippen LogP contribution is -2.46. The maximum atomic E-state index is 11.1. The molecule has 2 heterocycles. The summed E-state index contributed by atoms with van der Waals surface area (Å²) < 4.78 is 0. The third-order valence-electron chi connectivity index (χ3n) is 3.92. The molecule has 0 unspecified atom stereocenters. The second kappa shape index (κ2) is 5.59. The van der Waals surface area contributed by atoms with Crippen LogP contribution in [0.4, 0.5) is 5.13 Å². The van der Waals surface area contributed by atoms with Gasteiger partial charge in [0.05, 0.1) is 10.6 Å². The number of aromatic nitrogens is 1. The second-order valence-corrected chi connectivity index (χ2v) is 6.48. The Morgan fingerprint density at radius 2 is 2.05 bits per heavy atom. The topological polar surface area (TPSA) is 36.4 Å². The fraction of sp³-hybridized carbons (Fsp3) is 0.714. The average molecular weight is 279 g/mol. The van der Waals surface area contributed by atoms with Crippen molar-refractivity contribution in [3.05, 3.63) is 10.6 Å². The van der Waals surface area contributed by atoms with Gasteiger partial charge in [0.15, 0.2) is 11.4 Å². The molecule has 0 amide bonds. The first-order chi connectivity index (χ1) is 9.31. The molecule has 4 nitrogen and oxygen atoms in total. The van der Waals surface area contributed by atoms with Crippen LogP contribution in [0, 0.1) is 0 Å². The van der Waals surface area contributed by atoms with E-state index in [9.17, 15) is 4.79 Å². The van der Waals surface area contributed by atoms with E-state index in [0.717, 1.165) is 48.2 Å². The van der Waals surface area contributed by atoms with Gasteiger partial charge in [0, 0.05) is 32.1 Å². The van der Waals surface area contributed by atoms with Crippen molar-refractivity contribution in [2.24, 2.45) is 0 Å². The highest BCUT2D eigenvalue weighted by Crippen LogP contribution is 2.43. The van der Waals surface area contributed by atoms with Crippen LogP contribution in [0.2, 0.25) is 0 Å². The molecular formula is C14H21N3OS. The standard InChI is InChI=1S/C14H21N3OS/c1-2-5-16-6-8-17(9-7-16)14-15-13(11-3-4-11)12(10-18)19-14/h10-11H,2-9H2,1H3. The highest BCUT2D eigenvalue weighted by atomic mass is 32.1. The summed E-state index contributed by atoms with van der Waals surface area (Å²) in [5, 5.41) is 1.06. The average Bonchev–Trinajstić information content (AvgIpc) is 3.19. The molecule has 0 bridgehead atoms. The molecule has 1 aliphatic carbocycles. The Kier molecular flexibility index (Phi) is 3.84. The third-order valence-corrected chi connectivity index (χ3v) is 4.98. The number of hydrogen-bond acceptors (Lipinski definition) is 5. The van der Waals surface area contributed by atoms with Gasteiger partial charge in [-0.25, -0.2) is 4.98 Å². The zero-order valence-corrected chi connectivity index (χ0v) is 12.3. The summed E-state index contributed by atoms with van der Waals surface area (Å²) in [5.41, 5.74) is 1.06. The Morgan fingerprint density at radius 3 is 2.63 bits per heavy atom. The summed E-state index contributed by atoms with van der Waals surface area (Å²) in [7, 11) is 0. The highest BCUT2D eigenvalue weighted by Gasteiger charge is 2.31. The number of hydrogen-bond donors (Lipinski definition) is 0. The van der Waals surface area contributed by atoms with Crippen LogP contribution in [0.25, 0.3) is 0 Å². The maximum absolute atomic E-state index is 11.1. The predicted octanol–water partition coefficient (Wildman–Crippen LogP) is 2.37. The van der Waals surface area contributed by atoms with Gasteiger partial charge in [-0.3, -0.25) is 9.69 Å². The lowest BCUT2D eigenvalue weighted by Gasteiger charge is -2.34. The number of carbonyl (C=O) groups is 1. The summed E-state index contributed by atoms with van der Waals surface area (Å²) in [6, 6.07) is 0. The molecule has 0 atom stereocenters. The highest BCUT2D eigenvalue weighted by molar-refractivity contribution is 7.17. The molecule has 0 aromatic carbocycles. The summed E-state index contributed by atoms with van der Waals surface area (Å²) in [6.45, 7) is 7.72. The molecule has 104 valence electrons. The van der Waals surface area contributed by atoms with Crippen LogP contribution >= 0.6 is 11.3 Å². The van der Waals surface area contributed by atoms with E-state index >= 15 is 0 Å². The first-order valence-corrected chi connectivity index (χ1v) is 8.06. The van der Waals surface area contributed by atoms with Crippen LogP contribution < -0.4 is 4.90 Å². The van der Waals surface area contributed by atoms with Crippen LogP contribution in [0.5, 0.6) is 0 Å². The van der Waals surface area contributed by atoms with Gasteiger partial charge in [-0.1, -0.05) is 18.3 Å². The van der Waals surface area contributed by atoms with Crippen molar-refractivity contribution in [2.75, 3.05) is 37.6 Å². The minimum atomic E-state index is 0.562. The van der Waals surface area contributed by atoms with Gasteiger partial charge in [0.1, 0.15) is 0 Å². The number of rotatable bonds is 5. The van der Waals surface area contributed by atoms with Crippen LogP contribution in [-0.4, -0.2) is 48.9 Å². The minimum absolute atomic E-state index is 0.562. The molecule has 1 saturated carbocycles. The zero-order chi connectivity index (χ0) is 13.2.